The van der Waals surface area contributed by atoms with Gasteiger partial charge in [0, 0.05) is 13.1 Å². The second kappa shape index (κ2) is 5.37. The summed E-state index contributed by atoms with van der Waals surface area (Å²) >= 11 is 0. The number of phenolic OH excluding ortho intramolecular Hbond substituents is 1. The molecule has 0 spiro atoms. The molecule has 1 amide bonds. The van der Waals surface area contributed by atoms with Crippen molar-refractivity contribution >= 4 is 6.09 Å². The molecule has 7 heteroatoms. The third-order valence-corrected chi connectivity index (χ3v) is 3.28. The van der Waals surface area contributed by atoms with E-state index in [4.69, 9.17) is 4.74 Å². The summed E-state index contributed by atoms with van der Waals surface area (Å²) in [7, 11) is 0. The van der Waals surface area contributed by atoms with Gasteiger partial charge < -0.3 is 14.7 Å². The molecule has 1 aliphatic heterocycles. The van der Waals surface area contributed by atoms with E-state index < -0.39 is 29.2 Å². The van der Waals surface area contributed by atoms with Gasteiger partial charge in [-0.25, -0.2) is 4.79 Å². The van der Waals surface area contributed by atoms with Crippen molar-refractivity contribution in [1.82, 2.24) is 4.90 Å². The molecule has 4 nitrogen and oxygen atoms in total. The van der Waals surface area contributed by atoms with Crippen molar-refractivity contribution in [3.63, 3.8) is 0 Å². The molecule has 0 fully saturated rings. The van der Waals surface area contributed by atoms with Crippen LogP contribution in [0.2, 0.25) is 0 Å². The number of hydrogen-bond acceptors (Lipinski definition) is 3. The summed E-state index contributed by atoms with van der Waals surface area (Å²) in [6.45, 7) is 5.16. The van der Waals surface area contributed by atoms with Crippen LogP contribution >= 0.6 is 0 Å². The van der Waals surface area contributed by atoms with Crippen LogP contribution in [0.3, 0.4) is 0 Å². The Labute approximate surface area is 126 Å². The maximum atomic E-state index is 13.1. The number of nitrogens with zero attached hydrogens (tertiary/aromatic N) is 1. The van der Waals surface area contributed by atoms with Crippen LogP contribution in [-0.2, 0) is 23.9 Å². The monoisotopic (exact) mass is 317 g/mol. The predicted molar refractivity (Wildman–Crippen MR) is 73.5 cm³/mol. The van der Waals surface area contributed by atoms with Crippen LogP contribution in [0.5, 0.6) is 5.75 Å². The van der Waals surface area contributed by atoms with Gasteiger partial charge in [-0.1, -0.05) is 0 Å². The fourth-order valence-corrected chi connectivity index (χ4v) is 2.39. The lowest BCUT2D eigenvalue weighted by Gasteiger charge is -2.32. The van der Waals surface area contributed by atoms with E-state index in [9.17, 15) is 23.1 Å². The van der Waals surface area contributed by atoms with Crippen LogP contribution in [0.25, 0.3) is 0 Å². The first kappa shape index (κ1) is 16.5. The lowest BCUT2D eigenvalue weighted by molar-refractivity contribution is -0.138. The van der Waals surface area contributed by atoms with Crippen molar-refractivity contribution < 1.29 is 27.8 Å². The topological polar surface area (TPSA) is 49.8 Å². The van der Waals surface area contributed by atoms with E-state index in [0.29, 0.717) is 11.6 Å². The Morgan fingerprint density at radius 1 is 1.27 bits per heavy atom. The minimum atomic E-state index is -4.58. The SMILES string of the molecule is CC(C)(C)OC(=O)N1CCc2cc(O)cc(C(F)(F)F)c2C1. The summed E-state index contributed by atoms with van der Waals surface area (Å²) in [6.07, 6.45) is -4.98. The maximum Gasteiger partial charge on any atom is 0.416 e. The van der Waals surface area contributed by atoms with Gasteiger partial charge in [-0.3, -0.25) is 0 Å². The molecule has 0 aromatic heterocycles. The minimum absolute atomic E-state index is 0.0161. The van der Waals surface area contributed by atoms with E-state index in [-0.39, 0.29) is 25.1 Å². The third-order valence-electron chi connectivity index (χ3n) is 3.28. The summed E-state index contributed by atoms with van der Waals surface area (Å²) in [5, 5.41) is 9.46. The maximum absolute atomic E-state index is 13.1. The molecule has 1 heterocycles. The van der Waals surface area contributed by atoms with Gasteiger partial charge >= 0.3 is 12.3 Å². The fourth-order valence-electron chi connectivity index (χ4n) is 2.39. The van der Waals surface area contributed by atoms with E-state index in [0.717, 1.165) is 0 Å². The quantitative estimate of drug-likeness (QED) is 0.793. The van der Waals surface area contributed by atoms with E-state index in [2.05, 4.69) is 0 Å². The van der Waals surface area contributed by atoms with Gasteiger partial charge in [-0.2, -0.15) is 13.2 Å². The van der Waals surface area contributed by atoms with Gasteiger partial charge in [-0.05, 0) is 50.5 Å². The number of fused-ring (bicyclic) bond motifs is 1. The molecule has 0 atom stereocenters. The largest absolute Gasteiger partial charge is 0.508 e. The van der Waals surface area contributed by atoms with E-state index in [1.54, 1.807) is 20.8 Å². The number of alkyl halides is 3. The standard InChI is InChI=1S/C15H18F3NO3/c1-14(2,3)22-13(21)19-5-4-9-6-10(20)7-12(11(9)8-19)15(16,17)18/h6-7,20H,4-5,8H2,1-3H3. The van der Waals surface area contributed by atoms with Crippen LogP contribution in [-0.4, -0.2) is 28.2 Å². The van der Waals surface area contributed by atoms with Gasteiger partial charge in [-0.15, -0.1) is 0 Å². The third kappa shape index (κ3) is 3.64. The molecule has 0 unspecified atom stereocenters. The first-order valence-corrected chi connectivity index (χ1v) is 6.87. The van der Waals surface area contributed by atoms with Crippen LogP contribution < -0.4 is 0 Å². The number of aromatic hydroxyl groups is 1. The molecule has 1 N–H and O–H groups in total. The van der Waals surface area contributed by atoms with Crippen LogP contribution in [0.15, 0.2) is 12.1 Å². The smallest absolute Gasteiger partial charge is 0.416 e. The number of halogens is 3. The second-order valence-electron chi connectivity index (χ2n) is 6.28. The van der Waals surface area contributed by atoms with Crippen LogP contribution in [0.4, 0.5) is 18.0 Å². The lowest BCUT2D eigenvalue weighted by Crippen LogP contribution is -2.40. The Bertz CT molecular complexity index is 591. The Hall–Kier alpha value is -1.92. The van der Waals surface area contributed by atoms with Gasteiger partial charge in [0.05, 0.1) is 5.56 Å². The number of ether oxygens (including phenoxy) is 1. The van der Waals surface area contributed by atoms with E-state index >= 15 is 0 Å². The summed E-state index contributed by atoms with van der Waals surface area (Å²) in [5.74, 6) is -0.420. The van der Waals surface area contributed by atoms with E-state index in [1.165, 1.54) is 11.0 Å². The minimum Gasteiger partial charge on any atom is -0.508 e. The normalized spacial score (nSPS) is 15.5. The van der Waals surface area contributed by atoms with Gasteiger partial charge in [0.25, 0.3) is 0 Å². The Morgan fingerprint density at radius 3 is 2.45 bits per heavy atom. The zero-order valence-corrected chi connectivity index (χ0v) is 12.6. The molecule has 0 saturated heterocycles. The Morgan fingerprint density at radius 2 is 1.91 bits per heavy atom. The molecule has 22 heavy (non-hydrogen) atoms. The number of rotatable bonds is 0. The van der Waals surface area contributed by atoms with E-state index in [1.807, 2.05) is 0 Å². The number of amides is 1. The summed E-state index contributed by atoms with van der Waals surface area (Å²) < 4.78 is 44.5. The molecule has 0 bridgehead atoms. The predicted octanol–water partition coefficient (Wildman–Crippen LogP) is 3.70. The zero-order chi connectivity index (χ0) is 16.7. The molecule has 2 rings (SSSR count). The highest BCUT2D eigenvalue weighted by molar-refractivity contribution is 5.69. The molecular weight excluding hydrogens is 299 g/mol. The van der Waals surface area contributed by atoms with Crippen molar-refractivity contribution in [3.8, 4) is 5.75 Å². The zero-order valence-electron chi connectivity index (χ0n) is 12.6. The van der Waals surface area contributed by atoms with Gasteiger partial charge in [0.15, 0.2) is 0 Å². The summed E-state index contributed by atoms with van der Waals surface area (Å²) in [4.78, 5) is 13.3. The molecule has 122 valence electrons. The molecule has 1 aromatic carbocycles. The van der Waals surface area contributed by atoms with Crippen LogP contribution in [0, 0.1) is 0 Å². The molecular formula is C15H18F3NO3. The second-order valence-corrected chi connectivity index (χ2v) is 6.28. The van der Waals surface area contributed by atoms with Crippen molar-refractivity contribution in [3.05, 3.63) is 28.8 Å². The molecule has 1 aromatic rings. The highest BCUT2D eigenvalue weighted by Gasteiger charge is 2.37. The molecule has 0 aliphatic carbocycles. The fraction of sp³-hybridized carbons (Fsp3) is 0.533. The number of hydrogen-bond donors (Lipinski definition) is 1. The van der Waals surface area contributed by atoms with Crippen molar-refractivity contribution in [2.75, 3.05) is 6.54 Å². The van der Waals surface area contributed by atoms with Crippen molar-refractivity contribution in [2.24, 2.45) is 0 Å². The average Bonchev–Trinajstić information content (AvgIpc) is 2.34. The Kier molecular flexibility index (Phi) is 4.02. The highest BCUT2D eigenvalue weighted by atomic mass is 19.4. The van der Waals surface area contributed by atoms with Crippen LogP contribution in [0.1, 0.15) is 37.5 Å². The van der Waals surface area contributed by atoms with Crippen molar-refractivity contribution in [1.29, 1.82) is 0 Å². The first-order chi connectivity index (χ1) is 9.97. The van der Waals surface area contributed by atoms with Gasteiger partial charge in [0.2, 0.25) is 0 Å². The molecule has 0 saturated carbocycles. The number of phenols is 1. The number of carbonyl (C=O) groups excluding carboxylic acids is 1. The Balaban J connectivity index is 2.31. The summed E-state index contributed by atoms with van der Waals surface area (Å²) in [5.41, 5.74) is -1.19. The lowest BCUT2D eigenvalue weighted by atomic mass is 9.94. The number of carbonyl (C=O) groups is 1. The molecule has 1 aliphatic rings. The first-order valence-electron chi connectivity index (χ1n) is 6.87. The van der Waals surface area contributed by atoms with Crippen molar-refractivity contribution in [2.45, 2.75) is 45.5 Å². The van der Waals surface area contributed by atoms with Gasteiger partial charge in [0.1, 0.15) is 11.4 Å². The average molecular weight is 317 g/mol. The summed E-state index contributed by atoms with van der Waals surface area (Å²) in [6, 6.07) is 2.01. The number of benzene rings is 1. The molecule has 0 radical (unpaired) electrons. The highest BCUT2D eigenvalue weighted by Crippen LogP contribution is 2.38.